The standard InChI is InChI=1S/C18H32N6O8/c1-10(15(29)22-9-14(28)21-8-12(19)26)23-16(30)11(7-20-13(27)5-6-25)24-17(31)32-18(2,3)4/h10-11,25H,5-9H2,1-4H3,(H2,19,26)(H,20,27)(H,21,28)(H,22,29)(H,23,30)(H,24,31)/t10-,11-/m0/s1. The van der Waals surface area contributed by atoms with Crippen LogP contribution in [0.3, 0.4) is 0 Å². The van der Waals surface area contributed by atoms with Gasteiger partial charge in [0.2, 0.25) is 29.5 Å². The van der Waals surface area contributed by atoms with E-state index in [0.29, 0.717) is 0 Å². The lowest BCUT2D eigenvalue weighted by atomic mass is 10.2. The smallest absolute Gasteiger partial charge is 0.408 e. The van der Waals surface area contributed by atoms with E-state index in [1.54, 1.807) is 20.8 Å². The number of hydrogen-bond acceptors (Lipinski definition) is 8. The molecule has 182 valence electrons. The Labute approximate surface area is 185 Å². The van der Waals surface area contributed by atoms with E-state index in [9.17, 15) is 28.8 Å². The number of aliphatic hydroxyl groups is 1. The van der Waals surface area contributed by atoms with E-state index in [1.807, 2.05) is 0 Å². The molecule has 14 nitrogen and oxygen atoms in total. The van der Waals surface area contributed by atoms with E-state index in [2.05, 4.69) is 26.6 Å². The van der Waals surface area contributed by atoms with Crippen LogP contribution in [0.5, 0.6) is 0 Å². The Balaban J connectivity index is 4.91. The summed E-state index contributed by atoms with van der Waals surface area (Å²) in [6, 6.07) is -2.40. The van der Waals surface area contributed by atoms with Crippen LogP contribution in [0, 0.1) is 0 Å². The number of aliphatic hydroxyl groups excluding tert-OH is 1. The molecular weight excluding hydrogens is 428 g/mol. The Kier molecular flexibility index (Phi) is 12.3. The highest BCUT2D eigenvalue weighted by Gasteiger charge is 2.27. The summed E-state index contributed by atoms with van der Waals surface area (Å²) in [5, 5.41) is 20.3. The van der Waals surface area contributed by atoms with Gasteiger partial charge in [-0.15, -0.1) is 0 Å². The van der Waals surface area contributed by atoms with Gasteiger partial charge in [0.1, 0.15) is 17.7 Å². The first-order chi connectivity index (χ1) is 14.7. The molecule has 0 aliphatic rings. The van der Waals surface area contributed by atoms with Crippen molar-refractivity contribution in [2.45, 2.75) is 51.8 Å². The Hall–Kier alpha value is -3.42. The number of carbonyl (C=O) groups is 6. The molecule has 0 bridgehead atoms. The predicted molar refractivity (Wildman–Crippen MR) is 111 cm³/mol. The predicted octanol–water partition coefficient (Wildman–Crippen LogP) is -3.40. The molecular formula is C18H32N6O8. The second-order valence-corrected chi connectivity index (χ2v) is 7.67. The summed E-state index contributed by atoms with van der Waals surface area (Å²) >= 11 is 0. The second-order valence-electron chi connectivity index (χ2n) is 7.67. The van der Waals surface area contributed by atoms with Crippen LogP contribution in [-0.4, -0.2) is 84.7 Å². The van der Waals surface area contributed by atoms with E-state index in [4.69, 9.17) is 15.6 Å². The Morgan fingerprint density at radius 3 is 2.06 bits per heavy atom. The molecule has 0 aromatic heterocycles. The Bertz CT molecular complexity index is 706. The van der Waals surface area contributed by atoms with Crippen LogP contribution in [0.15, 0.2) is 0 Å². The lowest BCUT2D eigenvalue weighted by molar-refractivity contribution is -0.131. The van der Waals surface area contributed by atoms with Crippen molar-refractivity contribution in [3.63, 3.8) is 0 Å². The van der Waals surface area contributed by atoms with E-state index in [-0.39, 0.29) is 19.5 Å². The van der Waals surface area contributed by atoms with Crippen LogP contribution < -0.4 is 32.3 Å². The monoisotopic (exact) mass is 460 g/mol. The average Bonchev–Trinajstić information content (AvgIpc) is 2.66. The fraction of sp³-hybridized carbons (Fsp3) is 0.667. The van der Waals surface area contributed by atoms with Gasteiger partial charge in [-0.1, -0.05) is 0 Å². The molecule has 2 atom stereocenters. The Morgan fingerprint density at radius 1 is 0.906 bits per heavy atom. The average molecular weight is 460 g/mol. The van der Waals surface area contributed by atoms with Crippen molar-refractivity contribution in [3.05, 3.63) is 0 Å². The third-order valence-electron chi connectivity index (χ3n) is 3.48. The zero-order valence-electron chi connectivity index (χ0n) is 18.6. The first kappa shape index (κ1) is 28.6. The first-order valence-electron chi connectivity index (χ1n) is 9.75. The summed E-state index contributed by atoms with van der Waals surface area (Å²) in [5.74, 6) is -3.48. The highest BCUT2D eigenvalue weighted by atomic mass is 16.6. The van der Waals surface area contributed by atoms with Crippen LogP contribution in [0.25, 0.3) is 0 Å². The topological polar surface area (TPSA) is 218 Å². The molecule has 0 aliphatic carbocycles. The molecule has 8 N–H and O–H groups in total. The number of nitrogens with two attached hydrogens (primary N) is 1. The van der Waals surface area contributed by atoms with Crippen LogP contribution in [0.4, 0.5) is 4.79 Å². The van der Waals surface area contributed by atoms with Crippen molar-refractivity contribution >= 4 is 35.6 Å². The Morgan fingerprint density at radius 2 is 1.53 bits per heavy atom. The van der Waals surface area contributed by atoms with Crippen molar-refractivity contribution in [1.82, 2.24) is 26.6 Å². The molecule has 14 heteroatoms. The number of amides is 6. The van der Waals surface area contributed by atoms with Crippen molar-refractivity contribution < 1.29 is 38.6 Å². The summed E-state index contributed by atoms with van der Waals surface area (Å²) in [7, 11) is 0. The van der Waals surface area contributed by atoms with Crippen molar-refractivity contribution in [2.75, 3.05) is 26.2 Å². The van der Waals surface area contributed by atoms with E-state index in [0.717, 1.165) is 0 Å². The summed E-state index contributed by atoms with van der Waals surface area (Å²) < 4.78 is 5.09. The molecule has 0 heterocycles. The van der Waals surface area contributed by atoms with Gasteiger partial charge in [-0.3, -0.25) is 24.0 Å². The minimum Gasteiger partial charge on any atom is -0.444 e. The normalized spacial score (nSPS) is 12.5. The largest absolute Gasteiger partial charge is 0.444 e. The molecule has 6 amide bonds. The fourth-order valence-electron chi connectivity index (χ4n) is 2.01. The maximum atomic E-state index is 12.6. The quantitative estimate of drug-likeness (QED) is 0.155. The van der Waals surface area contributed by atoms with Crippen LogP contribution in [0.1, 0.15) is 34.1 Å². The van der Waals surface area contributed by atoms with Crippen LogP contribution >= 0.6 is 0 Å². The molecule has 0 aromatic carbocycles. The van der Waals surface area contributed by atoms with Gasteiger partial charge in [0.25, 0.3) is 0 Å². The number of ether oxygens (including phenoxy) is 1. The van der Waals surface area contributed by atoms with Crippen molar-refractivity contribution in [3.8, 4) is 0 Å². The van der Waals surface area contributed by atoms with Gasteiger partial charge in [0.15, 0.2) is 0 Å². The zero-order chi connectivity index (χ0) is 24.9. The fourth-order valence-corrected chi connectivity index (χ4v) is 2.01. The molecule has 32 heavy (non-hydrogen) atoms. The lowest BCUT2D eigenvalue weighted by Gasteiger charge is -2.24. The molecule has 0 unspecified atom stereocenters. The van der Waals surface area contributed by atoms with Crippen LogP contribution in [-0.2, 0) is 28.7 Å². The van der Waals surface area contributed by atoms with Gasteiger partial charge >= 0.3 is 6.09 Å². The minimum absolute atomic E-state index is 0.197. The number of carbonyl (C=O) groups excluding carboxylic acids is 6. The van der Waals surface area contributed by atoms with Gasteiger partial charge in [-0.25, -0.2) is 4.79 Å². The first-order valence-corrected chi connectivity index (χ1v) is 9.75. The van der Waals surface area contributed by atoms with E-state index >= 15 is 0 Å². The zero-order valence-corrected chi connectivity index (χ0v) is 18.6. The van der Waals surface area contributed by atoms with E-state index in [1.165, 1.54) is 6.92 Å². The maximum Gasteiger partial charge on any atom is 0.408 e. The maximum absolute atomic E-state index is 12.6. The number of primary amides is 1. The molecule has 0 spiro atoms. The number of hydrogen-bond donors (Lipinski definition) is 7. The highest BCUT2D eigenvalue weighted by molar-refractivity contribution is 5.93. The molecule has 0 aromatic rings. The lowest BCUT2D eigenvalue weighted by Crippen LogP contribution is -2.57. The van der Waals surface area contributed by atoms with Crippen LogP contribution in [0.2, 0.25) is 0 Å². The molecule has 0 rings (SSSR count). The number of alkyl carbamates (subject to hydrolysis) is 1. The third kappa shape index (κ3) is 13.7. The SMILES string of the molecule is C[C@H](NC(=O)[C@H](CNC(=O)CCO)NC(=O)OC(C)(C)C)C(=O)NCC(=O)NCC(N)=O. The van der Waals surface area contributed by atoms with Gasteiger partial charge < -0.3 is 42.2 Å². The molecule has 0 saturated carbocycles. The van der Waals surface area contributed by atoms with Gasteiger partial charge in [-0.05, 0) is 27.7 Å². The minimum atomic E-state index is -1.29. The molecule has 0 saturated heterocycles. The van der Waals surface area contributed by atoms with Crippen molar-refractivity contribution in [1.29, 1.82) is 0 Å². The van der Waals surface area contributed by atoms with Gasteiger partial charge in [0.05, 0.1) is 19.7 Å². The third-order valence-corrected chi connectivity index (χ3v) is 3.48. The molecule has 0 radical (unpaired) electrons. The van der Waals surface area contributed by atoms with Gasteiger partial charge in [0, 0.05) is 13.0 Å². The van der Waals surface area contributed by atoms with E-state index < -0.39 is 66.5 Å². The summed E-state index contributed by atoms with van der Waals surface area (Å²) in [5.41, 5.74) is 4.05. The summed E-state index contributed by atoms with van der Waals surface area (Å²) in [6.45, 7) is 4.64. The second kappa shape index (κ2) is 13.8. The number of nitrogens with one attached hydrogen (secondary N) is 5. The number of rotatable bonds is 12. The summed E-state index contributed by atoms with van der Waals surface area (Å²) in [6.07, 6.45) is -1.12. The van der Waals surface area contributed by atoms with Gasteiger partial charge in [-0.2, -0.15) is 0 Å². The van der Waals surface area contributed by atoms with Crippen molar-refractivity contribution in [2.24, 2.45) is 5.73 Å². The molecule has 0 aliphatic heterocycles. The summed E-state index contributed by atoms with van der Waals surface area (Å²) in [4.78, 5) is 70.4. The highest BCUT2D eigenvalue weighted by Crippen LogP contribution is 2.06. The molecule has 0 fully saturated rings.